The van der Waals surface area contributed by atoms with Gasteiger partial charge in [0.15, 0.2) is 0 Å². The van der Waals surface area contributed by atoms with Gasteiger partial charge in [0.1, 0.15) is 0 Å². The molecule has 96 valence electrons. The highest BCUT2D eigenvalue weighted by Crippen LogP contribution is 2.12. The van der Waals surface area contributed by atoms with Crippen LogP contribution < -0.4 is 5.32 Å². The van der Waals surface area contributed by atoms with Crippen LogP contribution in [0.25, 0.3) is 0 Å². The smallest absolute Gasteiger partial charge is 0.223 e. The predicted octanol–water partition coefficient (Wildman–Crippen LogP) is 3.92. The Hall–Kier alpha value is 0.200. The zero-order valence-electron chi connectivity index (χ0n) is 10.7. The molecule has 0 aromatic carbocycles. The zero-order chi connectivity index (χ0) is 12.2. The van der Waals surface area contributed by atoms with Crippen molar-refractivity contribution in [3.8, 4) is 0 Å². The fraction of sp³-hybridized carbons (Fsp3) is 0.923. The zero-order valence-corrected chi connectivity index (χ0v) is 12.9. The minimum absolute atomic E-state index is 0.240. The van der Waals surface area contributed by atoms with Crippen LogP contribution in [0, 0.1) is 5.92 Å². The van der Waals surface area contributed by atoms with E-state index in [-0.39, 0.29) is 11.8 Å². The number of carbonyl (C=O) groups excluding carboxylic acids is 1. The van der Waals surface area contributed by atoms with E-state index in [1.165, 1.54) is 30.1 Å². The van der Waals surface area contributed by atoms with Gasteiger partial charge in [0, 0.05) is 12.5 Å². The predicted molar refractivity (Wildman–Crippen MR) is 79.1 cm³/mol. The Labute approximate surface area is 114 Å². The molecule has 0 aliphatic heterocycles. The van der Waals surface area contributed by atoms with E-state index in [0.717, 1.165) is 25.8 Å². The molecule has 0 radical (unpaired) electrons. The fourth-order valence-electron chi connectivity index (χ4n) is 1.72. The lowest BCUT2D eigenvalue weighted by Crippen LogP contribution is -2.31. The first-order valence-electron chi connectivity index (χ1n) is 6.59. The summed E-state index contributed by atoms with van der Waals surface area (Å²) in [6, 6.07) is 0. The molecule has 0 aromatic heterocycles. The summed E-state index contributed by atoms with van der Waals surface area (Å²) in [5.74, 6) is 0.509. The molecule has 0 saturated carbocycles. The van der Waals surface area contributed by atoms with Gasteiger partial charge in [0.2, 0.25) is 5.91 Å². The van der Waals surface area contributed by atoms with Crippen LogP contribution >= 0.6 is 22.6 Å². The molecule has 1 unspecified atom stereocenters. The van der Waals surface area contributed by atoms with E-state index in [4.69, 9.17) is 0 Å². The second-order valence-electron chi connectivity index (χ2n) is 4.29. The van der Waals surface area contributed by atoms with Crippen LogP contribution in [0.15, 0.2) is 0 Å². The monoisotopic (exact) mass is 339 g/mol. The van der Waals surface area contributed by atoms with Crippen LogP contribution in [-0.2, 0) is 4.79 Å². The van der Waals surface area contributed by atoms with Gasteiger partial charge in [-0.2, -0.15) is 0 Å². The van der Waals surface area contributed by atoms with Crippen LogP contribution in [0.4, 0.5) is 0 Å². The van der Waals surface area contributed by atoms with Crippen LogP contribution in [0.5, 0.6) is 0 Å². The lowest BCUT2D eigenvalue weighted by atomic mass is 9.98. The summed E-state index contributed by atoms with van der Waals surface area (Å²) in [5, 5.41) is 3.06. The van der Waals surface area contributed by atoms with E-state index in [1.54, 1.807) is 0 Å². The number of amides is 1. The quantitative estimate of drug-likeness (QED) is 0.365. The van der Waals surface area contributed by atoms with Crippen molar-refractivity contribution in [3.63, 3.8) is 0 Å². The first-order valence-corrected chi connectivity index (χ1v) is 8.12. The fourth-order valence-corrected chi connectivity index (χ4v) is 2.26. The number of unbranched alkanes of at least 4 members (excludes halogenated alkanes) is 3. The largest absolute Gasteiger partial charge is 0.356 e. The highest BCUT2D eigenvalue weighted by Gasteiger charge is 2.14. The summed E-state index contributed by atoms with van der Waals surface area (Å²) in [4.78, 5) is 11.8. The summed E-state index contributed by atoms with van der Waals surface area (Å²) in [6.45, 7) is 5.14. The van der Waals surface area contributed by atoms with Gasteiger partial charge in [-0.05, 0) is 30.1 Å². The van der Waals surface area contributed by atoms with Gasteiger partial charge in [0.05, 0.1) is 0 Å². The molecule has 1 atom stereocenters. The van der Waals surface area contributed by atoms with Crippen LogP contribution in [0.3, 0.4) is 0 Å². The molecular formula is C13H26INO. The van der Waals surface area contributed by atoms with Gasteiger partial charge in [-0.15, -0.1) is 0 Å². The number of nitrogens with one attached hydrogen (secondary N) is 1. The van der Waals surface area contributed by atoms with Crippen molar-refractivity contribution >= 4 is 28.5 Å². The molecule has 0 aliphatic rings. The van der Waals surface area contributed by atoms with E-state index in [9.17, 15) is 4.79 Å². The third-order valence-electron chi connectivity index (χ3n) is 2.88. The third kappa shape index (κ3) is 8.36. The molecule has 0 aliphatic carbocycles. The highest BCUT2D eigenvalue weighted by molar-refractivity contribution is 14.1. The maximum Gasteiger partial charge on any atom is 0.223 e. The van der Waals surface area contributed by atoms with E-state index < -0.39 is 0 Å². The van der Waals surface area contributed by atoms with Crippen molar-refractivity contribution in [2.24, 2.45) is 5.92 Å². The molecule has 1 N–H and O–H groups in total. The maximum absolute atomic E-state index is 11.8. The van der Waals surface area contributed by atoms with Gasteiger partial charge in [-0.3, -0.25) is 4.79 Å². The summed E-state index contributed by atoms with van der Waals surface area (Å²) < 4.78 is 1.22. The van der Waals surface area contributed by atoms with E-state index in [1.807, 2.05) is 0 Å². The van der Waals surface area contributed by atoms with Crippen LogP contribution in [0.1, 0.15) is 58.8 Å². The molecule has 2 nitrogen and oxygen atoms in total. The molecule has 0 fully saturated rings. The second kappa shape index (κ2) is 11.7. The molecule has 0 spiro atoms. The number of carbonyl (C=O) groups is 1. The van der Waals surface area contributed by atoms with Gasteiger partial charge in [-0.1, -0.05) is 55.7 Å². The molecule has 0 saturated heterocycles. The minimum atomic E-state index is 0.240. The minimum Gasteiger partial charge on any atom is -0.356 e. The maximum atomic E-state index is 11.8. The third-order valence-corrected chi connectivity index (χ3v) is 3.64. The Morgan fingerprint density at radius 2 is 1.94 bits per heavy atom. The Kier molecular flexibility index (Phi) is 11.8. The van der Waals surface area contributed by atoms with E-state index >= 15 is 0 Å². The van der Waals surface area contributed by atoms with Crippen molar-refractivity contribution < 1.29 is 4.79 Å². The van der Waals surface area contributed by atoms with Crippen molar-refractivity contribution in [2.75, 3.05) is 11.0 Å². The first kappa shape index (κ1) is 16.2. The van der Waals surface area contributed by atoms with Crippen molar-refractivity contribution in [3.05, 3.63) is 0 Å². The Balaban J connectivity index is 3.58. The molecule has 0 aromatic rings. The van der Waals surface area contributed by atoms with Gasteiger partial charge < -0.3 is 5.32 Å². The van der Waals surface area contributed by atoms with Gasteiger partial charge in [0.25, 0.3) is 0 Å². The molecule has 0 bridgehead atoms. The first-order chi connectivity index (χ1) is 7.76. The van der Waals surface area contributed by atoms with E-state index in [0.29, 0.717) is 0 Å². The summed E-state index contributed by atoms with van der Waals surface area (Å²) in [6.07, 6.45) is 7.99. The topological polar surface area (TPSA) is 29.1 Å². The summed E-state index contributed by atoms with van der Waals surface area (Å²) in [5.41, 5.74) is 0. The SMILES string of the molecule is CCCCC(CC)C(=O)NCCCCCI. The van der Waals surface area contributed by atoms with Crippen LogP contribution in [0.2, 0.25) is 0 Å². The second-order valence-corrected chi connectivity index (χ2v) is 5.37. The summed E-state index contributed by atoms with van der Waals surface area (Å²) in [7, 11) is 0. The Bertz CT molecular complexity index is 173. The number of halogens is 1. The van der Waals surface area contributed by atoms with Gasteiger partial charge in [-0.25, -0.2) is 0 Å². The Morgan fingerprint density at radius 3 is 2.50 bits per heavy atom. The number of hydrogen-bond donors (Lipinski definition) is 1. The molecule has 16 heavy (non-hydrogen) atoms. The van der Waals surface area contributed by atoms with Crippen molar-refractivity contribution in [1.82, 2.24) is 5.32 Å². The van der Waals surface area contributed by atoms with Crippen molar-refractivity contribution in [2.45, 2.75) is 58.8 Å². The van der Waals surface area contributed by atoms with Crippen molar-refractivity contribution in [1.29, 1.82) is 0 Å². The average Bonchev–Trinajstić information content (AvgIpc) is 2.30. The number of alkyl halides is 1. The Morgan fingerprint density at radius 1 is 1.19 bits per heavy atom. The molecular weight excluding hydrogens is 313 g/mol. The molecule has 3 heteroatoms. The molecule has 1 amide bonds. The molecule has 0 rings (SSSR count). The normalized spacial score (nSPS) is 12.4. The lowest BCUT2D eigenvalue weighted by molar-refractivity contribution is -0.125. The number of hydrogen-bond acceptors (Lipinski definition) is 1. The standard InChI is InChI=1S/C13H26INO/c1-3-5-9-12(4-2)13(16)15-11-8-6-7-10-14/h12H,3-11H2,1-2H3,(H,15,16). The number of rotatable bonds is 10. The average molecular weight is 339 g/mol. The highest BCUT2D eigenvalue weighted by atomic mass is 127. The summed E-state index contributed by atoms with van der Waals surface area (Å²) >= 11 is 2.40. The van der Waals surface area contributed by atoms with Gasteiger partial charge >= 0.3 is 0 Å². The van der Waals surface area contributed by atoms with Crippen LogP contribution in [-0.4, -0.2) is 16.9 Å². The molecule has 0 heterocycles. The lowest BCUT2D eigenvalue weighted by Gasteiger charge is -2.14. The van der Waals surface area contributed by atoms with E-state index in [2.05, 4.69) is 41.8 Å².